The Kier molecular flexibility index (Phi) is 5.93. The summed E-state index contributed by atoms with van der Waals surface area (Å²) in [4.78, 5) is 13.9. The maximum absolute atomic E-state index is 13.6. The van der Waals surface area contributed by atoms with E-state index in [0.29, 0.717) is 5.69 Å². The number of nitrogens with one attached hydrogen (secondary N) is 2. The third-order valence-corrected chi connectivity index (χ3v) is 3.76. The van der Waals surface area contributed by atoms with E-state index in [4.69, 9.17) is 0 Å². The van der Waals surface area contributed by atoms with E-state index >= 15 is 0 Å². The summed E-state index contributed by atoms with van der Waals surface area (Å²) in [6, 6.07) is 8.27. The van der Waals surface area contributed by atoms with Gasteiger partial charge in [0, 0.05) is 32.0 Å². The van der Waals surface area contributed by atoms with Gasteiger partial charge in [0.25, 0.3) is 0 Å². The second-order valence-corrected chi connectivity index (χ2v) is 5.88. The van der Waals surface area contributed by atoms with Crippen molar-refractivity contribution in [1.29, 1.82) is 0 Å². The van der Waals surface area contributed by atoms with Gasteiger partial charge < -0.3 is 20.6 Å². The topological polar surface area (TPSA) is 64.6 Å². The number of benzene rings is 2. The Hall–Kier alpha value is -2.67. The first-order chi connectivity index (χ1) is 11.8. The summed E-state index contributed by atoms with van der Waals surface area (Å²) in [5.74, 6) is -1.71. The van der Waals surface area contributed by atoms with E-state index in [9.17, 15) is 18.7 Å². The highest BCUT2D eigenvalue weighted by Gasteiger charge is 2.18. The number of halogens is 2. The molecule has 0 spiro atoms. The maximum Gasteiger partial charge on any atom is 0.319 e. The predicted molar refractivity (Wildman–Crippen MR) is 93.8 cm³/mol. The Morgan fingerprint density at radius 3 is 2.40 bits per heavy atom. The van der Waals surface area contributed by atoms with Crippen molar-refractivity contribution in [2.45, 2.75) is 13.0 Å². The van der Waals surface area contributed by atoms with Gasteiger partial charge in [0.2, 0.25) is 0 Å². The van der Waals surface area contributed by atoms with E-state index in [-0.39, 0.29) is 6.54 Å². The molecule has 1 unspecified atom stereocenters. The zero-order chi connectivity index (χ0) is 18.6. The zero-order valence-electron chi connectivity index (χ0n) is 14.3. The second-order valence-electron chi connectivity index (χ2n) is 5.88. The second kappa shape index (κ2) is 7.94. The Morgan fingerprint density at radius 2 is 1.84 bits per heavy atom. The van der Waals surface area contributed by atoms with Gasteiger partial charge in [-0.25, -0.2) is 13.6 Å². The van der Waals surface area contributed by atoms with Crippen molar-refractivity contribution in [3.8, 4) is 0 Å². The number of rotatable bonds is 5. The Morgan fingerprint density at radius 1 is 1.20 bits per heavy atom. The van der Waals surface area contributed by atoms with E-state index in [1.54, 1.807) is 6.07 Å². The van der Waals surface area contributed by atoms with Crippen molar-refractivity contribution in [1.82, 2.24) is 5.32 Å². The fraction of sp³-hybridized carbons (Fsp3) is 0.278. The maximum atomic E-state index is 13.6. The first-order valence-corrected chi connectivity index (χ1v) is 7.74. The summed E-state index contributed by atoms with van der Waals surface area (Å²) in [5, 5.41) is 15.0. The molecule has 7 heteroatoms. The van der Waals surface area contributed by atoms with Crippen LogP contribution in [0.3, 0.4) is 0 Å². The van der Waals surface area contributed by atoms with Crippen LogP contribution < -0.4 is 15.5 Å². The van der Waals surface area contributed by atoms with Crippen LogP contribution in [0.4, 0.5) is 25.0 Å². The van der Waals surface area contributed by atoms with Crippen LogP contribution in [0.2, 0.25) is 0 Å². The van der Waals surface area contributed by atoms with Gasteiger partial charge in [0.1, 0.15) is 17.7 Å². The molecule has 2 aromatic rings. The van der Waals surface area contributed by atoms with Gasteiger partial charge in [-0.2, -0.15) is 0 Å². The number of hydrogen-bond acceptors (Lipinski definition) is 3. The molecule has 3 N–H and O–H groups in total. The average molecular weight is 349 g/mol. The van der Waals surface area contributed by atoms with Crippen LogP contribution in [0.25, 0.3) is 0 Å². The van der Waals surface area contributed by atoms with E-state index in [1.807, 2.05) is 38.1 Å². The molecule has 0 radical (unpaired) electrons. The summed E-state index contributed by atoms with van der Waals surface area (Å²) in [6.07, 6.45) is -1.48. The molecule has 0 saturated heterocycles. The fourth-order valence-electron chi connectivity index (χ4n) is 2.35. The molecular weight excluding hydrogens is 328 g/mol. The number of aliphatic hydroxyl groups is 1. The minimum absolute atomic E-state index is 0.321. The highest BCUT2D eigenvalue weighted by molar-refractivity contribution is 5.90. The number of hydrogen-bond donors (Lipinski definition) is 3. The lowest BCUT2D eigenvalue weighted by atomic mass is 10.1. The summed E-state index contributed by atoms with van der Waals surface area (Å²) in [6.45, 7) is 1.53. The Bertz CT molecular complexity index is 746. The molecule has 134 valence electrons. The number of carbonyl (C=O) groups is 1. The predicted octanol–water partition coefficient (Wildman–Crippen LogP) is 3.19. The van der Waals surface area contributed by atoms with Gasteiger partial charge in [-0.3, -0.25) is 0 Å². The largest absolute Gasteiger partial charge is 0.386 e. The quantitative estimate of drug-likeness (QED) is 0.777. The molecular formula is C18H21F2N3O2. The molecule has 5 nitrogen and oxygen atoms in total. The minimum atomic E-state index is -1.48. The molecule has 2 aromatic carbocycles. The molecule has 1 atom stereocenters. The smallest absolute Gasteiger partial charge is 0.319 e. The van der Waals surface area contributed by atoms with Crippen molar-refractivity contribution < 1.29 is 18.7 Å². The molecule has 0 fully saturated rings. The van der Waals surface area contributed by atoms with E-state index in [0.717, 1.165) is 23.4 Å². The van der Waals surface area contributed by atoms with Gasteiger partial charge in [0.05, 0.1) is 5.56 Å². The van der Waals surface area contributed by atoms with Crippen LogP contribution in [-0.2, 0) is 0 Å². The summed E-state index contributed by atoms with van der Waals surface area (Å²) < 4.78 is 27.2. The molecule has 25 heavy (non-hydrogen) atoms. The van der Waals surface area contributed by atoms with Crippen LogP contribution >= 0.6 is 0 Å². The third kappa shape index (κ3) is 4.67. The number of urea groups is 1. The van der Waals surface area contributed by atoms with Crippen molar-refractivity contribution in [2.75, 3.05) is 30.9 Å². The molecule has 0 saturated carbocycles. The van der Waals surface area contributed by atoms with Gasteiger partial charge in [0.15, 0.2) is 0 Å². The van der Waals surface area contributed by atoms with Crippen molar-refractivity contribution in [2.24, 2.45) is 0 Å². The van der Waals surface area contributed by atoms with Crippen LogP contribution in [-0.4, -0.2) is 31.8 Å². The molecule has 0 aliphatic carbocycles. The molecule has 0 aliphatic heterocycles. The lowest BCUT2D eigenvalue weighted by Gasteiger charge is -2.17. The Labute approximate surface area is 145 Å². The van der Waals surface area contributed by atoms with Crippen LogP contribution in [0.5, 0.6) is 0 Å². The summed E-state index contributed by atoms with van der Waals surface area (Å²) in [7, 11) is 3.83. The van der Waals surface area contributed by atoms with Crippen LogP contribution in [0.1, 0.15) is 17.2 Å². The lowest BCUT2D eigenvalue weighted by Crippen LogP contribution is -2.33. The molecule has 2 amide bonds. The van der Waals surface area contributed by atoms with Crippen molar-refractivity contribution in [3.63, 3.8) is 0 Å². The summed E-state index contributed by atoms with van der Waals surface area (Å²) >= 11 is 0. The number of aryl methyl sites for hydroxylation is 1. The third-order valence-electron chi connectivity index (χ3n) is 3.76. The SMILES string of the molecule is Cc1cc(N(C)C)ccc1NC(=O)NCC(O)c1c(F)cccc1F. The average Bonchev–Trinajstić information content (AvgIpc) is 2.54. The zero-order valence-corrected chi connectivity index (χ0v) is 14.3. The van der Waals surface area contributed by atoms with Crippen LogP contribution in [0.15, 0.2) is 36.4 Å². The first kappa shape index (κ1) is 18.7. The molecule has 0 heterocycles. The molecule has 0 aromatic heterocycles. The highest BCUT2D eigenvalue weighted by Crippen LogP contribution is 2.22. The van der Waals surface area contributed by atoms with Crippen LogP contribution in [0, 0.1) is 18.6 Å². The standard InChI is InChI=1S/C18H21F2N3O2/c1-11-9-12(23(2)3)7-8-15(11)22-18(25)21-10-16(24)17-13(19)5-4-6-14(17)20/h4-9,16,24H,10H2,1-3H3,(H2,21,22,25). The van der Waals surface area contributed by atoms with E-state index < -0.39 is 29.3 Å². The van der Waals surface area contributed by atoms with Gasteiger partial charge >= 0.3 is 6.03 Å². The van der Waals surface area contributed by atoms with Gasteiger partial charge in [-0.05, 0) is 42.8 Å². The van der Waals surface area contributed by atoms with E-state index in [2.05, 4.69) is 10.6 Å². The molecule has 2 rings (SSSR count). The molecule has 0 bridgehead atoms. The minimum Gasteiger partial charge on any atom is -0.386 e. The van der Waals surface area contributed by atoms with Gasteiger partial charge in [-0.1, -0.05) is 6.07 Å². The first-order valence-electron chi connectivity index (χ1n) is 7.74. The number of aliphatic hydroxyl groups excluding tert-OH is 1. The highest BCUT2D eigenvalue weighted by atomic mass is 19.1. The number of nitrogens with zero attached hydrogens (tertiary/aromatic N) is 1. The molecule has 0 aliphatic rings. The normalized spacial score (nSPS) is 11.8. The van der Waals surface area contributed by atoms with Crippen molar-refractivity contribution >= 4 is 17.4 Å². The monoisotopic (exact) mass is 349 g/mol. The summed E-state index contributed by atoms with van der Waals surface area (Å²) in [5.41, 5.74) is 2.00. The van der Waals surface area contributed by atoms with Gasteiger partial charge in [-0.15, -0.1) is 0 Å². The number of carbonyl (C=O) groups excluding carboxylic acids is 1. The Balaban J connectivity index is 1.97. The number of anilines is 2. The fourth-order valence-corrected chi connectivity index (χ4v) is 2.35. The lowest BCUT2D eigenvalue weighted by molar-refractivity contribution is 0.166. The van der Waals surface area contributed by atoms with Crippen molar-refractivity contribution in [3.05, 3.63) is 59.2 Å². The van der Waals surface area contributed by atoms with E-state index in [1.165, 1.54) is 6.07 Å². The number of amides is 2.